The van der Waals surface area contributed by atoms with Crippen LogP contribution in [-0.2, 0) is 15.3 Å². The number of nitro benzene ring substituents is 1. The van der Waals surface area contributed by atoms with E-state index in [-0.39, 0.29) is 17.9 Å². The van der Waals surface area contributed by atoms with Gasteiger partial charge in [-0.15, -0.1) is 11.8 Å². The minimum Gasteiger partial charge on any atom is -0.468 e. The maximum absolute atomic E-state index is 11.6. The molecule has 1 aromatic heterocycles. The van der Waals surface area contributed by atoms with Gasteiger partial charge in [-0.3, -0.25) is 10.1 Å². The molecule has 0 unspecified atom stereocenters. The van der Waals surface area contributed by atoms with Crippen molar-refractivity contribution in [3.05, 3.63) is 63.6 Å². The quantitative estimate of drug-likeness (QED) is 0.184. The lowest BCUT2D eigenvalue weighted by Crippen LogP contribution is -2.06. The summed E-state index contributed by atoms with van der Waals surface area (Å²) in [5.74, 6) is 0.399. The molecule has 0 radical (unpaired) electrons. The number of benzene rings is 1. The molecule has 2 aromatic rings. The lowest BCUT2D eigenvalue weighted by Gasteiger charge is -2.04. The van der Waals surface area contributed by atoms with Crippen molar-refractivity contribution in [2.75, 3.05) is 6.61 Å². The Balaban J connectivity index is 2.27. The Bertz CT molecular complexity index is 837. The molecule has 0 aliphatic heterocycles. The van der Waals surface area contributed by atoms with E-state index in [1.54, 1.807) is 37.3 Å². The SMILES string of the molecule is CCOC(=O)/C(C#N)=C/c1ccc(SCc2ccco2)c([N+](=O)[O-])c1. The second kappa shape index (κ2) is 8.70. The van der Waals surface area contributed by atoms with Crippen LogP contribution in [0.4, 0.5) is 5.69 Å². The standard InChI is InChI=1S/C17H14N2O5S/c1-2-23-17(20)13(10-18)8-12-5-6-16(15(9-12)19(21)22)25-11-14-4-3-7-24-14/h3-9H,2,11H2,1H3/b13-8+. The van der Waals surface area contributed by atoms with Gasteiger partial charge in [0.1, 0.15) is 17.4 Å². The van der Waals surface area contributed by atoms with Crippen LogP contribution >= 0.6 is 11.8 Å². The predicted octanol–water partition coefficient (Wildman–Crippen LogP) is 3.95. The summed E-state index contributed by atoms with van der Waals surface area (Å²) in [7, 11) is 0. The molecule has 0 aliphatic carbocycles. The molecule has 0 bridgehead atoms. The summed E-state index contributed by atoms with van der Waals surface area (Å²) in [5, 5.41) is 20.4. The van der Waals surface area contributed by atoms with Crippen LogP contribution < -0.4 is 0 Å². The molecule has 0 saturated carbocycles. The van der Waals surface area contributed by atoms with E-state index in [2.05, 4.69) is 0 Å². The molecule has 1 aromatic carbocycles. The maximum Gasteiger partial charge on any atom is 0.348 e. The van der Waals surface area contributed by atoms with Crippen LogP contribution in [0, 0.1) is 21.4 Å². The Kier molecular flexibility index (Phi) is 6.37. The number of nitriles is 1. The molecule has 25 heavy (non-hydrogen) atoms. The zero-order valence-corrected chi connectivity index (χ0v) is 14.1. The molecular formula is C17H14N2O5S. The van der Waals surface area contributed by atoms with Crippen LogP contribution in [-0.4, -0.2) is 17.5 Å². The normalized spacial score (nSPS) is 11.0. The summed E-state index contributed by atoms with van der Waals surface area (Å²) in [6.07, 6.45) is 2.81. The van der Waals surface area contributed by atoms with E-state index in [0.717, 1.165) is 0 Å². The zero-order chi connectivity index (χ0) is 18.2. The van der Waals surface area contributed by atoms with Crippen molar-refractivity contribution in [3.63, 3.8) is 0 Å². The number of esters is 1. The largest absolute Gasteiger partial charge is 0.468 e. The number of carbonyl (C=O) groups is 1. The van der Waals surface area contributed by atoms with E-state index in [4.69, 9.17) is 14.4 Å². The second-order valence-electron chi connectivity index (χ2n) is 4.74. The van der Waals surface area contributed by atoms with Crippen molar-refractivity contribution in [2.24, 2.45) is 0 Å². The molecule has 0 spiro atoms. The third-order valence-electron chi connectivity index (χ3n) is 3.06. The number of nitro groups is 1. The fourth-order valence-electron chi connectivity index (χ4n) is 1.94. The maximum atomic E-state index is 11.6. The lowest BCUT2D eigenvalue weighted by atomic mass is 10.1. The van der Waals surface area contributed by atoms with Gasteiger partial charge in [-0.05, 0) is 36.8 Å². The molecule has 128 valence electrons. The van der Waals surface area contributed by atoms with Gasteiger partial charge in [-0.1, -0.05) is 6.07 Å². The van der Waals surface area contributed by atoms with E-state index >= 15 is 0 Å². The highest BCUT2D eigenvalue weighted by Crippen LogP contribution is 2.33. The highest BCUT2D eigenvalue weighted by Gasteiger charge is 2.17. The summed E-state index contributed by atoms with van der Waals surface area (Å²) < 4.78 is 9.98. The van der Waals surface area contributed by atoms with Gasteiger partial charge in [-0.2, -0.15) is 5.26 Å². The van der Waals surface area contributed by atoms with Crippen LogP contribution in [0.25, 0.3) is 6.08 Å². The van der Waals surface area contributed by atoms with Gasteiger partial charge in [0.25, 0.3) is 5.69 Å². The minimum atomic E-state index is -0.760. The average Bonchev–Trinajstić information content (AvgIpc) is 3.11. The smallest absolute Gasteiger partial charge is 0.348 e. The third-order valence-corrected chi connectivity index (χ3v) is 4.14. The van der Waals surface area contributed by atoms with Crippen molar-refractivity contribution < 1.29 is 18.9 Å². The van der Waals surface area contributed by atoms with Crippen molar-refractivity contribution in [2.45, 2.75) is 17.6 Å². The van der Waals surface area contributed by atoms with Crippen LogP contribution in [0.3, 0.4) is 0 Å². The topological polar surface area (TPSA) is 106 Å². The van der Waals surface area contributed by atoms with Crippen molar-refractivity contribution in [1.82, 2.24) is 0 Å². The Labute approximate surface area is 148 Å². The van der Waals surface area contributed by atoms with Crippen LogP contribution in [0.2, 0.25) is 0 Å². The molecule has 8 heteroatoms. The van der Waals surface area contributed by atoms with E-state index in [1.165, 1.54) is 30.2 Å². The molecule has 2 rings (SSSR count). The van der Waals surface area contributed by atoms with Crippen LogP contribution in [0.15, 0.2) is 51.5 Å². The molecule has 1 heterocycles. The minimum absolute atomic E-state index is 0.105. The molecule has 7 nitrogen and oxygen atoms in total. The summed E-state index contributed by atoms with van der Waals surface area (Å²) in [6.45, 7) is 1.77. The Morgan fingerprint density at radius 3 is 2.88 bits per heavy atom. The summed E-state index contributed by atoms with van der Waals surface area (Å²) in [6, 6.07) is 9.78. The molecule has 0 aliphatic rings. The number of hydrogen-bond acceptors (Lipinski definition) is 7. The van der Waals surface area contributed by atoms with Gasteiger partial charge >= 0.3 is 5.97 Å². The summed E-state index contributed by atoms with van der Waals surface area (Å²) >= 11 is 1.27. The van der Waals surface area contributed by atoms with Crippen molar-refractivity contribution >= 4 is 29.5 Å². The summed E-state index contributed by atoms with van der Waals surface area (Å²) in [4.78, 5) is 22.9. The van der Waals surface area contributed by atoms with E-state index < -0.39 is 10.9 Å². The molecule has 0 amide bonds. The molecule has 0 N–H and O–H groups in total. The van der Waals surface area contributed by atoms with Gasteiger partial charge in [0.05, 0.1) is 28.4 Å². The van der Waals surface area contributed by atoms with E-state index in [1.807, 2.05) is 0 Å². The Morgan fingerprint density at radius 2 is 2.28 bits per heavy atom. The first-order valence-corrected chi connectivity index (χ1v) is 8.26. The number of rotatable bonds is 7. The number of carbonyl (C=O) groups excluding carboxylic acids is 1. The average molecular weight is 358 g/mol. The molecule has 0 atom stereocenters. The summed E-state index contributed by atoms with van der Waals surface area (Å²) in [5.41, 5.74) is 0.0530. The zero-order valence-electron chi connectivity index (χ0n) is 13.3. The number of hydrogen-bond donors (Lipinski definition) is 0. The molecular weight excluding hydrogens is 344 g/mol. The van der Waals surface area contributed by atoms with Crippen molar-refractivity contribution in [1.29, 1.82) is 5.26 Å². The van der Waals surface area contributed by atoms with Crippen LogP contribution in [0.5, 0.6) is 0 Å². The van der Waals surface area contributed by atoms with Gasteiger partial charge in [-0.25, -0.2) is 4.79 Å². The van der Waals surface area contributed by atoms with Gasteiger partial charge in [0.15, 0.2) is 0 Å². The van der Waals surface area contributed by atoms with Crippen LogP contribution in [0.1, 0.15) is 18.2 Å². The fourth-order valence-corrected chi connectivity index (χ4v) is 2.85. The van der Waals surface area contributed by atoms with E-state index in [9.17, 15) is 14.9 Å². The number of thioether (sulfide) groups is 1. The lowest BCUT2D eigenvalue weighted by molar-refractivity contribution is -0.387. The predicted molar refractivity (Wildman–Crippen MR) is 91.6 cm³/mol. The number of nitrogens with zero attached hydrogens (tertiary/aromatic N) is 2. The van der Waals surface area contributed by atoms with Gasteiger partial charge in [0, 0.05) is 6.07 Å². The molecule has 0 saturated heterocycles. The highest BCUT2D eigenvalue weighted by atomic mass is 32.2. The molecule has 0 fully saturated rings. The Morgan fingerprint density at radius 1 is 1.48 bits per heavy atom. The highest BCUT2D eigenvalue weighted by molar-refractivity contribution is 7.98. The monoisotopic (exact) mass is 358 g/mol. The van der Waals surface area contributed by atoms with Gasteiger partial charge < -0.3 is 9.15 Å². The second-order valence-corrected chi connectivity index (χ2v) is 5.76. The first-order chi connectivity index (χ1) is 12.0. The number of furan rings is 1. The van der Waals surface area contributed by atoms with Gasteiger partial charge in [0.2, 0.25) is 0 Å². The first kappa shape index (κ1) is 18.3. The third kappa shape index (κ3) is 4.96. The first-order valence-electron chi connectivity index (χ1n) is 7.27. The van der Waals surface area contributed by atoms with E-state index in [0.29, 0.717) is 22.0 Å². The Hall–Kier alpha value is -3.05. The fraction of sp³-hybridized carbons (Fsp3) is 0.176. The van der Waals surface area contributed by atoms with Crippen molar-refractivity contribution in [3.8, 4) is 6.07 Å². The number of ether oxygens (including phenoxy) is 1.